The highest BCUT2D eigenvalue weighted by atomic mass is 35.5. The van der Waals surface area contributed by atoms with Crippen molar-refractivity contribution in [2.24, 2.45) is 0 Å². The number of benzene rings is 2. The van der Waals surface area contributed by atoms with Gasteiger partial charge in [-0.15, -0.1) is 0 Å². The van der Waals surface area contributed by atoms with Gasteiger partial charge in [0, 0.05) is 6.04 Å². The van der Waals surface area contributed by atoms with E-state index in [0.717, 1.165) is 23.9 Å². The van der Waals surface area contributed by atoms with E-state index < -0.39 is 0 Å². The molecule has 25 heavy (non-hydrogen) atoms. The second-order valence-corrected chi connectivity index (χ2v) is 7.07. The van der Waals surface area contributed by atoms with Crippen molar-refractivity contribution in [3.63, 3.8) is 0 Å². The number of fused-ring (bicyclic) bond motifs is 1. The van der Waals surface area contributed by atoms with Gasteiger partial charge in [0.2, 0.25) is 5.95 Å². The molecule has 1 fully saturated rings. The summed E-state index contributed by atoms with van der Waals surface area (Å²) >= 11 is 12.2. The van der Waals surface area contributed by atoms with Crippen LogP contribution in [0, 0.1) is 0 Å². The second kappa shape index (κ2) is 6.70. The molecule has 0 spiro atoms. The van der Waals surface area contributed by atoms with Gasteiger partial charge >= 0.3 is 0 Å². The molecule has 0 atom stereocenters. The molecule has 2 aromatic carbocycles. The van der Waals surface area contributed by atoms with E-state index >= 15 is 0 Å². The molecule has 3 aromatic rings. The fourth-order valence-electron chi connectivity index (χ4n) is 3.51. The smallest absolute Gasteiger partial charge is 0.259 e. The van der Waals surface area contributed by atoms with Gasteiger partial charge in [0.15, 0.2) is 0 Å². The molecule has 1 heterocycles. The van der Waals surface area contributed by atoms with E-state index in [1.165, 1.54) is 12.8 Å². The number of halogens is 2. The number of imidazole rings is 1. The number of hydrogen-bond acceptors (Lipinski definition) is 2. The predicted octanol–water partition coefficient (Wildman–Crippen LogP) is 5.71. The van der Waals surface area contributed by atoms with Crippen LogP contribution in [0.2, 0.25) is 10.0 Å². The molecule has 1 aliphatic rings. The molecule has 0 saturated heterocycles. The first-order valence-corrected chi connectivity index (χ1v) is 9.13. The van der Waals surface area contributed by atoms with Crippen LogP contribution in [0.4, 0.5) is 5.95 Å². The van der Waals surface area contributed by atoms with Crippen molar-refractivity contribution in [1.29, 1.82) is 0 Å². The maximum Gasteiger partial charge on any atom is 0.259 e. The van der Waals surface area contributed by atoms with Crippen LogP contribution >= 0.6 is 23.2 Å². The first-order chi connectivity index (χ1) is 12.1. The summed E-state index contributed by atoms with van der Waals surface area (Å²) in [5.74, 6) is 0.260. The van der Waals surface area contributed by atoms with Gasteiger partial charge in [0.1, 0.15) is 0 Å². The third-order valence-electron chi connectivity index (χ3n) is 4.71. The molecule has 0 radical (unpaired) electrons. The quantitative estimate of drug-likeness (QED) is 0.638. The van der Waals surface area contributed by atoms with E-state index in [4.69, 9.17) is 23.2 Å². The highest BCUT2D eigenvalue weighted by molar-refractivity contribution is 6.44. The minimum Gasteiger partial charge on any atom is -0.307 e. The lowest BCUT2D eigenvalue weighted by Crippen LogP contribution is -2.18. The highest BCUT2D eigenvalue weighted by Crippen LogP contribution is 2.35. The zero-order chi connectivity index (χ0) is 17.4. The number of nitrogens with one attached hydrogen (secondary N) is 1. The summed E-state index contributed by atoms with van der Waals surface area (Å²) in [6.07, 6.45) is 4.59. The lowest BCUT2D eigenvalue weighted by atomic mass is 10.2. The number of carbonyl (C=O) groups is 1. The Morgan fingerprint density at radius 2 is 1.84 bits per heavy atom. The Hall–Kier alpha value is -2.04. The van der Waals surface area contributed by atoms with E-state index in [2.05, 4.69) is 14.9 Å². The molecule has 1 aliphatic carbocycles. The lowest BCUT2D eigenvalue weighted by Gasteiger charge is -2.16. The van der Waals surface area contributed by atoms with Crippen molar-refractivity contribution in [2.75, 3.05) is 5.32 Å². The molecule has 1 N–H and O–H groups in total. The largest absolute Gasteiger partial charge is 0.307 e. The Balaban J connectivity index is 1.75. The van der Waals surface area contributed by atoms with E-state index in [-0.39, 0.29) is 10.9 Å². The number of aromatic nitrogens is 2. The monoisotopic (exact) mass is 373 g/mol. The van der Waals surface area contributed by atoms with Gasteiger partial charge in [-0.1, -0.05) is 54.2 Å². The summed E-state index contributed by atoms with van der Waals surface area (Å²) in [6.45, 7) is 0. The van der Waals surface area contributed by atoms with Crippen LogP contribution in [0.3, 0.4) is 0 Å². The first kappa shape index (κ1) is 16.4. The summed E-state index contributed by atoms with van der Waals surface area (Å²) < 4.78 is 2.15. The predicted molar refractivity (Wildman–Crippen MR) is 102 cm³/mol. The molecule has 0 unspecified atom stereocenters. The Kier molecular flexibility index (Phi) is 4.40. The van der Waals surface area contributed by atoms with Gasteiger partial charge in [-0.3, -0.25) is 10.1 Å². The lowest BCUT2D eigenvalue weighted by molar-refractivity contribution is 0.102. The highest BCUT2D eigenvalue weighted by Gasteiger charge is 2.24. The van der Waals surface area contributed by atoms with Gasteiger partial charge in [-0.2, -0.15) is 0 Å². The zero-order valence-corrected chi connectivity index (χ0v) is 15.0. The fourth-order valence-corrected chi connectivity index (χ4v) is 3.90. The van der Waals surface area contributed by atoms with Crippen molar-refractivity contribution >= 4 is 46.1 Å². The van der Waals surface area contributed by atoms with E-state index in [1.54, 1.807) is 18.2 Å². The Labute approximate surface area is 155 Å². The van der Waals surface area contributed by atoms with Crippen molar-refractivity contribution in [1.82, 2.24) is 9.55 Å². The average Bonchev–Trinajstić information content (AvgIpc) is 3.23. The topological polar surface area (TPSA) is 46.9 Å². The minimum absolute atomic E-state index is 0.255. The number of rotatable bonds is 3. The number of hydrogen-bond donors (Lipinski definition) is 1. The van der Waals surface area contributed by atoms with Gasteiger partial charge in [-0.25, -0.2) is 4.98 Å². The molecular weight excluding hydrogens is 357 g/mol. The maximum absolute atomic E-state index is 12.7. The summed E-state index contributed by atoms with van der Waals surface area (Å²) in [7, 11) is 0. The minimum atomic E-state index is -0.304. The van der Waals surface area contributed by atoms with Crippen LogP contribution in [-0.2, 0) is 0 Å². The Bertz CT molecular complexity index is 945. The number of anilines is 1. The second-order valence-electron chi connectivity index (χ2n) is 6.29. The maximum atomic E-state index is 12.7. The van der Waals surface area contributed by atoms with Crippen LogP contribution in [0.1, 0.15) is 42.1 Å². The molecule has 1 aromatic heterocycles. The number of nitrogens with zero attached hydrogens (tertiary/aromatic N) is 2. The molecule has 4 rings (SSSR count). The van der Waals surface area contributed by atoms with E-state index in [1.807, 2.05) is 24.3 Å². The molecule has 0 aliphatic heterocycles. The molecule has 128 valence electrons. The fraction of sp³-hybridized carbons (Fsp3) is 0.263. The van der Waals surface area contributed by atoms with Gasteiger partial charge in [-0.05, 0) is 37.1 Å². The van der Waals surface area contributed by atoms with E-state index in [9.17, 15) is 4.79 Å². The zero-order valence-electron chi connectivity index (χ0n) is 13.5. The first-order valence-electron chi connectivity index (χ1n) is 8.37. The number of carbonyl (C=O) groups excluding carboxylic acids is 1. The van der Waals surface area contributed by atoms with Gasteiger partial charge in [0.05, 0.1) is 26.6 Å². The normalized spacial score (nSPS) is 15.0. The molecule has 4 nitrogen and oxygen atoms in total. The number of amides is 1. The van der Waals surface area contributed by atoms with Crippen LogP contribution in [0.15, 0.2) is 42.5 Å². The van der Waals surface area contributed by atoms with Crippen molar-refractivity contribution in [2.45, 2.75) is 31.7 Å². The van der Waals surface area contributed by atoms with Crippen molar-refractivity contribution in [3.05, 3.63) is 58.1 Å². The molecule has 0 bridgehead atoms. The van der Waals surface area contributed by atoms with Crippen LogP contribution in [-0.4, -0.2) is 15.5 Å². The van der Waals surface area contributed by atoms with Gasteiger partial charge < -0.3 is 4.57 Å². The summed E-state index contributed by atoms with van der Waals surface area (Å²) in [5.41, 5.74) is 2.27. The van der Waals surface area contributed by atoms with Crippen molar-refractivity contribution < 1.29 is 4.79 Å². The third kappa shape index (κ3) is 3.00. The molecule has 6 heteroatoms. The Morgan fingerprint density at radius 3 is 2.64 bits per heavy atom. The molecular formula is C19H17Cl2N3O. The standard InChI is InChI=1S/C19H17Cl2N3O/c20-14-9-5-8-13(17(14)21)18(25)23-19-22-15-10-3-4-11-16(15)24(19)12-6-1-2-7-12/h3-5,8-12H,1-2,6-7H2,(H,22,23,25). The third-order valence-corrected chi connectivity index (χ3v) is 5.53. The molecule has 1 saturated carbocycles. The van der Waals surface area contributed by atoms with Gasteiger partial charge in [0.25, 0.3) is 5.91 Å². The summed E-state index contributed by atoms with van der Waals surface area (Å²) in [6, 6.07) is 13.3. The number of para-hydroxylation sites is 2. The van der Waals surface area contributed by atoms with Crippen LogP contribution in [0.5, 0.6) is 0 Å². The average molecular weight is 374 g/mol. The van der Waals surface area contributed by atoms with Crippen LogP contribution in [0.25, 0.3) is 11.0 Å². The summed E-state index contributed by atoms with van der Waals surface area (Å²) in [4.78, 5) is 17.4. The SMILES string of the molecule is O=C(Nc1nc2ccccc2n1C1CCCC1)c1cccc(Cl)c1Cl. The van der Waals surface area contributed by atoms with Crippen molar-refractivity contribution in [3.8, 4) is 0 Å². The molecule has 1 amide bonds. The van der Waals surface area contributed by atoms with Crippen LogP contribution < -0.4 is 5.32 Å². The van der Waals surface area contributed by atoms with E-state index in [0.29, 0.717) is 22.6 Å². The Morgan fingerprint density at radius 1 is 1.08 bits per heavy atom. The summed E-state index contributed by atoms with van der Waals surface area (Å²) in [5, 5.41) is 3.55.